The second kappa shape index (κ2) is 14.0. The molecule has 1 saturated heterocycles. The Bertz CT molecular complexity index is 1030. The quantitative estimate of drug-likeness (QED) is 0.299. The van der Waals surface area contributed by atoms with Crippen LogP contribution >= 0.6 is 0 Å². The molecule has 0 aromatic rings. The Morgan fingerprint density at radius 3 is 1.91 bits per heavy atom. The summed E-state index contributed by atoms with van der Waals surface area (Å²) >= 11 is 0. The topological polar surface area (TPSA) is 6.48 Å². The van der Waals surface area contributed by atoms with Crippen molar-refractivity contribution in [3.05, 3.63) is 11.8 Å². The molecule has 258 valence electrons. The van der Waals surface area contributed by atoms with Crippen LogP contribution in [-0.2, 0) is 0 Å². The lowest BCUT2D eigenvalue weighted by Gasteiger charge is -2.58. The molecule has 7 saturated carbocycles. The van der Waals surface area contributed by atoms with Crippen LogP contribution in [0.15, 0.2) is 11.8 Å². The van der Waals surface area contributed by atoms with Crippen molar-refractivity contribution in [1.82, 2.24) is 9.80 Å². The maximum Gasteiger partial charge on any atom is 0.0370 e. The molecular weight excluding hydrogens is 556 g/mol. The lowest BCUT2D eigenvalue weighted by atomic mass is 9.60. The van der Waals surface area contributed by atoms with Crippen LogP contribution in [-0.4, -0.2) is 40.0 Å². The molecule has 8 aliphatic carbocycles. The molecule has 0 aromatic carbocycles. The lowest BCUT2D eigenvalue weighted by Crippen LogP contribution is -2.62. The second-order valence-corrected chi connectivity index (χ2v) is 19.1. The summed E-state index contributed by atoms with van der Waals surface area (Å²) in [6, 6.07) is 4.45. The fourth-order valence-electron chi connectivity index (χ4n) is 15.2. The third-order valence-corrected chi connectivity index (χ3v) is 17.1. The van der Waals surface area contributed by atoms with Crippen molar-refractivity contribution in [1.29, 1.82) is 0 Å². The minimum Gasteiger partial charge on any atom is -0.368 e. The molecule has 2 nitrogen and oxygen atoms in total. The maximum absolute atomic E-state index is 3.42. The summed E-state index contributed by atoms with van der Waals surface area (Å²) in [5.74, 6) is 8.25. The second-order valence-electron chi connectivity index (χ2n) is 19.1. The zero-order chi connectivity index (χ0) is 30.5. The predicted molar refractivity (Wildman–Crippen MR) is 193 cm³/mol. The van der Waals surface area contributed by atoms with Crippen molar-refractivity contribution in [2.24, 2.45) is 47.3 Å². The largest absolute Gasteiger partial charge is 0.368 e. The van der Waals surface area contributed by atoms with Crippen LogP contribution in [0.1, 0.15) is 186 Å². The van der Waals surface area contributed by atoms with Gasteiger partial charge in [-0.25, -0.2) is 0 Å². The van der Waals surface area contributed by atoms with Gasteiger partial charge in [0.15, 0.2) is 0 Å². The van der Waals surface area contributed by atoms with Gasteiger partial charge < -0.3 is 4.90 Å². The first-order valence-corrected chi connectivity index (χ1v) is 22.1. The first-order chi connectivity index (χ1) is 22.8. The van der Waals surface area contributed by atoms with E-state index in [4.69, 9.17) is 0 Å². The van der Waals surface area contributed by atoms with Crippen molar-refractivity contribution in [3.63, 3.8) is 0 Å². The van der Waals surface area contributed by atoms with Crippen LogP contribution in [0.3, 0.4) is 0 Å². The van der Waals surface area contributed by atoms with Gasteiger partial charge in [-0.3, -0.25) is 4.90 Å². The van der Waals surface area contributed by atoms with Gasteiger partial charge in [0, 0.05) is 41.8 Å². The fraction of sp³-hybridized carbons (Fsp3) is 0.955. The number of hydrogen-bond acceptors (Lipinski definition) is 2. The van der Waals surface area contributed by atoms with Gasteiger partial charge >= 0.3 is 0 Å². The Morgan fingerprint density at radius 2 is 1.09 bits per heavy atom. The first-order valence-electron chi connectivity index (χ1n) is 22.1. The van der Waals surface area contributed by atoms with Crippen molar-refractivity contribution in [3.8, 4) is 0 Å². The van der Waals surface area contributed by atoms with Gasteiger partial charge in [-0.1, -0.05) is 76.7 Å². The predicted octanol–water partition coefficient (Wildman–Crippen LogP) is 11.7. The van der Waals surface area contributed by atoms with E-state index in [1.54, 1.807) is 83.5 Å². The highest BCUT2D eigenvalue weighted by atomic mass is 15.3. The van der Waals surface area contributed by atoms with E-state index in [1.807, 2.05) is 5.70 Å². The van der Waals surface area contributed by atoms with Gasteiger partial charge in [-0.05, 0) is 157 Å². The normalized spacial score (nSPS) is 45.8. The van der Waals surface area contributed by atoms with Crippen LogP contribution in [0.2, 0.25) is 0 Å². The molecule has 0 spiro atoms. The molecule has 0 aromatic heterocycles. The average Bonchev–Trinajstić information content (AvgIpc) is 3.47. The highest BCUT2D eigenvalue weighted by molar-refractivity contribution is 5.24. The van der Waals surface area contributed by atoms with Gasteiger partial charge in [0.25, 0.3) is 0 Å². The van der Waals surface area contributed by atoms with Crippen LogP contribution in [0.25, 0.3) is 0 Å². The van der Waals surface area contributed by atoms with Crippen LogP contribution in [0.5, 0.6) is 0 Å². The molecule has 9 atom stereocenters. The van der Waals surface area contributed by atoms with E-state index in [1.165, 1.54) is 103 Å². The van der Waals surface area contributed by atoms with Gasteiger partial charge in [0.05, 0.1) is 0 Å². The highest BCUT2D eigenvalue weighted by Gasteiger charge is 2.58. The number of allylic oxidation sites excluding steroid dienone is 2. The van der Waals surface area contributed by atoms with E-state index in [-0.39, 0.29) is 0 Å². The van der Waals surface area contributed by atoms with Gasteiger partial charge in [0.1, 0.15) is 0 Å². The smallest absolute Gasteiger partial charge is 0.0370 e. The van der Waals surface area contributed by atoms with Crippen LogP contribution < -0.4 is 0 Å². The van der Waals surface area contributed by atoms with Crippen molar-refractivity contribution >= 4 is 0 Å². The Balaban J connectivity index is 0.982. The first kappa shape index (κ1) is 31.5. The van der Waals surface area contributed by atoms with Crippen molar-refractivity contribution in [2.45, 2.75) is 216 Å². The molecule has 1 heterocycles. The summed E-state index contributed by atoms with van der Waals surface area (Å²) in [5, 5.41) is 0. The molecule has 2 heteroatoms. The molecular formula is C44H72N2. The number of nitrogens with zero attached hydrogens (tertiary/aromatic N) is 2. The van der Waals surface area contributed by atoms with Crippen LogP contribution in [0.4, 0.5) is 0 Å². The molecule has 9 rings (SSSR count). The Hall–Kier alpha value is -0.500. The van der Waals surface area contributed by atoms with E-state index >= 15 is 0 Å². The minimum atomic E-state index is 0.870. The standard InChI is InChI=1S/C44H72N2/c1-3-15-36(16-4-1)45(38-27-24-32(25-28-38)35-23-22-31-12-7-8-13-34(31)30-35)42-21-11-14-33-26-29-40-39-19-9-10-20-41(39)46(44(40)43(33)42)37-17-5-2-6-18-37/h20,31-40,42-44H,1-19,21-30H2/t31-,32?,33-,34?,35?,38?,39+,40?,42-,43+,44?/m1/s1. The van der Waals surface area contributed by atoms with Crippen LogP contribution in [0, 0.1) is 47.3 Å². The Labute approximate surface area is 284 Å². The number of fused-ring (bicyclic) bond motifs is 6. The molecule has 0 radical (unpaired) electrons. The molecule has 0 bridgehead atoms. The van der Waals surface area contributed by atoms with E-state index in [0.29, 0.717) is 0 Å². The van der Waals surface area contributed by atoms with Gasteiger partial charge in [0.2, 0.25) is 0 Å². The summed E-state index contributed by atoms with van der Waals surface area (Å²) in [6.07, 6.45) is 47.2. The van der Waals surface area contributed by atoms with E-state index in [0.717, 1.165) is 77.6 Å². The van der Waals surface area contributed by atoms with Gasteiger partial charge in [-0.2, -0.15) is 0 Å². The van der Waals surface area contributed by atoms with Crippen molar-refractivity contribution in [2.75, 3.05) is 0 Å². The third-order valence-electron chi connectivity index (χ3n) is 17.1. The maximum atomic E-state index is 3.42. The summed E-state index contributed by atoms with van der Waals surface area (Å²) in [5.41, 5.74) is 1.90. The summed E-state index contributed by atoms with van der Waals surface area (Å²) in [7, 11) is 0. The third kappa shape index (κ3) is 5.89. The molecule has 8 fully saturated rings. The molecule has 0 amide bonds. The lowest BCUT2D eigenvalue weighted by molar-refractivity contribution is -0.0768. The molecule has 1 aliphatic heterocycles. The minimum absolute atomic E-state index is 0.870. The number of hydrogen-bond donors (Lipinski definition) is 0. The van der Waals surface area contributed by atoms with E-state index in [2.05, 4.69) is 15.9 Å². The fourth-order valence-corrected chi connectivity index (χ4v) is 15.2. The summed E-state index contributed by atoms with van der Waals surface area (Å²) < 4.78 is 0. The molecule has 4 unspecified atom stereocenters. The van der Waals surface area contributed by atoms with E-state index < -0.39 is 0 Å². The molecule has 0 N–H and O–H groups in total. The van der Waals surface area contributed by atoms with Crippen molar-refractivity contribution < 1.29 is 0 Å². The SMILES string of the molecule is C1=C2[C@@H](CCC1)C1CC[C@H]3CCC[C@@H](N(C4CCCCC4)C4CCC(C5CC[C@H]6CCCCC6C5)CC4)[C@H]3C1N2C1CCCCC1. The summed E-state index contributed by atoms with van der Waals surface area (Å²) in [4.78, 5) is 6.68. The summed E-state index contributed by atoms with van der Waals surface area (Å²) in [6.45, 7) is 0. The molecule has 46 heavy (non-hydrogen) atoms. The average molecular weight is 629 g/mol. The Kier molecular flexibility index (Phi) is 9.59. The molecule has 9 aliphatic rings. The number of likely N-dealkylation sites (tertiary alicyclic amines) is 1. The van der Waals surface area contributed by atoms with E-state index in [9.17, 15) is 0 Å². The highest BCUT2D eigenvalue weighted by Crippen LogP contribution is 2.58. The number of rotatable bonds is 5. The zero-order valence-electron chi connectivity index (χ0n) is 30.0. The monoisotopic (exact) mass is 629 g/mol. The zero-order valence-corrected chi connectivity index (χ0v) is 30.0. The van der Waals surface area contributed by atoms with Gasteiger partial charge in [-0.15, -0.1) is 0 Å². The Morgan fingerprint density at radius 1 is 0.478 bits per heavy atom.